The molecule has 33 heavy (non-hydrogen) atoms. The largest absolute Gasteiger partial charge is 0.756 e. The number of nitrogen functional groups attached to an aromatic ring is 1. The van der Waals surface area contributed by atoms with Crippen LogP contribution in [0.15, 0.2) is 71.5 Å². The van der Waals surface area contributed by atoms with Crippen LogP contribution in [0.5, 0.6) is 11.6 Å². The summed E-state index contributed by atoms with van der Waals surface area (Å²) in [6, 6.07) is 15.7. The number of hydrogen-bond donors (Lipinski definition) is 2. The number of ether oxygens (including phenoxy) is 1. The molecule has 1 aromatic carbocycles. The van der Waals surface area contributed by atoms with Gasteiger partial charge in [0.2, 0.25) is 5.88 Å². The minimum atomic E-state index is -4.88. The van der Waals surface area contributed by atoms with Crippen molar-refractivity contribution >= 4 is 25.2 Å². The topological polar surface area (TPSA) is 148 Å². The number of rotatable bonds is 8. The molecule has 3 N–H and O–H groups in total. The molecule has 4 rings (SSSR count). The van der Waals surface area contributed by atoms with Gasteiger partial charge in [0.15, 0.2) is 12.5 Å². The van der Waals surface area contributed by atoms with Gasteiger partial charge in [0.05, 0.1) is 11.9 Å². The third-order valence-electron chi connectivity index (χ3n) is 4.50. The van der Waals surface area contributed by atoms with Gasteiger partial charge in [-0.05, 0) is 35.9 Å². The van der Waals surface area contributed by atoms with Crippen molar-refractivity contribution < 1.29 is 32.7 Å². The molecule has 0 aliphatic carbocycles. The molecule has 10 nitrogen and oxygen atoms in total. The molecular weight excluding hydrogens is 471 g/mol. The Morgan fingerprint density at radius 3 is 2.79 bits per heavy atom. The van der Waals surface area contributed by atoms with Gasteiger partial charge in [0, 0.05) is 29.8 Å². The van der Waals surface area contributed by atoms with Crippen LogP contribution in [0.25, 0.3) is 11.3 Å². The highest BCUT2D eigenvalue weighted by molar-refractivity contribution is 7.44. The first-order chi connectivity index (χ1) is 15.8. The fourth-order valence-electron chi connectivity index (χ4n) is 2.98. The van der Waals surface area contributed by atoms with E-state index in [1.807, 2.05) is 6.07 Å². The van der Waals surface area contributed by atoms with Gasteiger partial charge in [0.25, 0.3) is 13.6 Å². The minimum absolute atomic E-state index is 0.179. The van der Waals surface area contributed by atoms with Crippen molar-refractivity contribution in [1.82, 2.24) is 10.1 Å². The zero-order chi connectivity index (χ0) is 23.4. The summed E-state index contributed by atoms with van der Waals surface area (Å²) in [5, 5.41) is 4.64. The Hall–Kier alpha value is -3.27. The number of nitrogens with two attached hydrogens (primary N) is 1. The second-order valence-corrected chi connectivity index (χ2v) is 8.56. The molecule has 0 radical (unpaired) electrons. The second-order valence-electron chi connectivity index (χ2n) is 6.93. The van der Waals surface area contributed by atoms with Crippen LogP contribution in [0.2, 0.25) is 5.02 Å². The number of phosphoric acid groups is 1. The van der Waals surface area contributed by atoms with Gasteiger partial charge < -0.3 is 19.0 Å². The van der Waals surface area contributed by atoms with Gasteiger partial charge in [-0.3, -0.25) is 14.8 Å². The van der Waals surface area contributed by atoms with Crippen LogP contribution in [0.4, 0.5) is 5.82 Å². The Balaban J connectivity index is 1.44. The zero-order valence-electron chi connectivity index (χ0n) is 17.0. The predicted molar refractivity (Wildman–Crippen MR) is 116 cm³/mol. The van der Waals surface area contributed by atoms with E-state index in [0.717, 1.165) is 5.56 Å². The lowest BCUT2D eigenvalue weighted by molar-refractivity contribution is -0.712. The first-order valence-electron chi connectivity index (χ1n) is 9.57. The SMILES string of the molecule is Nc1c(-c2cc(Cc3ccc(Oc4cccc(Cl)c4)nc3)no2)ccc[n+]1COP(=O)([O-])O. The molecule has 1 atom stereocenters. The third kappa shape index (κ3) is 6.16. The second kappa shape index (κ2) is 9.70. The number of halogens is 1. The number of aromatic nitrogens is 3. The number of benzene rings is 1. The summed E-state index contributed by atoms with van der Waals surface area (Å²) in [6.45, 7) is -0.479. The Morgan fingerprint density at radius 1 is 1.21 bits per heavy atom. The summed E-state index contributed by atoms with van der Waals surface area (Å²) >= 11 is 5.96. The van der Waals surface area contributed by atoms with Crippen LogP contribution >= 0.6 is 19.4 Å². The maximum absolute atomic E-state index is 10.8. The molecule has 0 saturated carbocycles. The van der Waals surface area contributed by atoms with E-state index in [0.29, 0.717) is 40.1 Å². The van der Waals surface area contributed by atoms with E-state index >= 15 is 0 Å². The van der Waals surface area contributed by atoms with Gasteiger partial charge in [0.1, 0.15) is 11.3 Å². The minimum Gasteiger partial charge on any atom is -0.756 e. The normalized spacial score (nSPS) is 12.9. The first-order valence-corrected chi connectivity index (χ1v) is 11.4. The van der Waals surface area contributed by atoms with Crippen molar-refractivity contribution in [2.75, 3.05) is 5.73 Å². The Bertz CT molecular complexity index is 1310. The van der Waals surface area contributed by atoms with Crippen molar-refractivity contribution in [1.29, 1.82) is 0 Å². The van der Waals surface area contributed by atoms with Crippen LogP contribution in [0, 0.1) is 0 Å². The molecule has 0 saturated heterocycles. The maximum atomic E-state index is 10.8. The van der Waals surface area contributed by atoms with Crippen molar-refractivity contribution in [3.05, 3.63) is 83.3 Å². The molecule has 0 amide bonds. The highest BCUT2D eigenvalue weighted by Crippen LogP contribution is 2.31. The van der Waals surface area contributed by atoms with Crippen LogP contribution in [-0.2, 0) is 22.2 Å². The summed E-state index contributed by atoms with van der Waals surface area (Å²) in [6.07, 6.45) is 3.63. The Labute approximate surface area is 193 Å². The summed E-state index contributed by atoms with van der Waals surface area (Å²) in [5.74, 6) is 1.58. The highest BCUT2D eigenvalue weighted by atomic mass is 35.5. The average molecular weight is 489 g/mol. The molecule has 0 bridgehead atoms. The monoisotopic (exact) mass is 488 g/mol. The Morgan fingerprint density at radius 2 is 2.06 bits per heavy atom. The fraction of sp³-hybridized carbons (Fsp3) is 0.0952. The van der Waals surface area contributed by atoms with E-state index in [-0.39, 0.29) is 5.82 Å². The quantitative estimate of drug-likeness (QED) is 0.282. The van der Waals surface area contributed by atoms with Crippen LogP contribution < -0.4 is 19.9 Å². The van der Waals surface area contributed by atoms with E-state index in [1.54, 1.807) is 54.7 Å². The molecule has 0 spiro atoms. The molecule has 0 aliphatic heterocycles. The van der Waals surface area contributed by atoms with Crippen LogP contribution in [-0.4, -0.2) is 15.0 Å². The lowest BCUT2D eigenvalue weighted by atomic mass is 10.1. The Kier molecular flexibility index (Phi) is 6.73. The zero-order valence-corrected chi connectivity index (χ0v) is 18.6. The molecule has 4 aromatic rings. The summed E-state index contributed by atoms with van der Waals surface area (Å²) < 4.78 is 27.6. The van der Waals surface area contributed by atoms with Gasteiger partial charge in [-0.15, -0.1) is 0 Å². The standard InChI is InChI=1S/C21H18ClN4O6P/c22-15-3-1-4-17(10-15)31-20-7-6-14(12-24-20)9-16-11-19(32-25-16)18-5-2-8-26(21(18)23)13-30-33(27,28)29/h1-8,10-12,23H,9,13H2,(H2,27,28,29). The van der Waals surface area contributed by atoms with Crippen molar-refractivity contribution in [2.24, 2.45) is 0 Å². The maximum Gasteiger partial charge on any atom is 0.285 e. The van der Waals surface area contributed by atoms with E-state index in [4.69, 9.17) is 31.5 Å². The van der Waals surface area contributed by atoms with Gasteiger partial charge in [-0.25, -0.2) is 9.55 Å². The molecule has 1 unspecified atom stereocenters. The van der Waals surface area contributed by atoms with Crippen molar-refractivity contribution in [3.63, 3.8) is 0 Å². The summed E-state index contributed by atoms with van der Waals surface area (Å²) in [4.78, 5) is 23.9. The van der Waals surface area contributed by atoms with Crippen molar-refractivity contribution in [2.45, 2.75) is 13.2 Å². The van der Waals surface area contributed by atoms with E-state index in [1.165, 1.54) is 10.8 Å². The number of anilines is 1. The summed E-state index contributed by atoms with van der Waals surface area (Å²) in [5.41, 5.74) is 8.09. The number of pyridine rings is 2. The highest BCUT2D eigenvalue weighted by Gasteiger charge is 2.18. The lowest BCUT2D eigenvalue weighted by Gasteiger charge is -2.14. The van der Waals surface area contributed by atoms with Crippen molar-refractivity contribution in [3.8, 4) is 23.0 Å². The van der Waals surface area contributed by atoms with Crippen LogP contribution in [0.3, 0.4) is 0 Å². The molecule has 12 heteroatoms. The van der Waals surface area contributed by atoms with E-state index in [9.17, 15) is 9.46 Å². The van der Waals surface area contributed by atoms with Gasteiger partial charge in [-0.2, -0.15) is 0 Å². The summed E-state index contributed by atoms with van der Waals surface area (Å²) in [7, 11) is -4.88. The molecule has 3 aromatic heterocycles. The predicted octanol–water partition coefficient (Wildman–Crippen LogP) is 3.08. The van der Waals surface area contributed by atoms with Gasteiger partial charge >= 0.3 is 0 Å². The molecule has 3 heterocycles. The number of phosphoric ester groups is 1. The van der Waals surface area contributed by atoms with Gasteiger partial charge in [-0.1, -0.05) is 28.9 Å². The van der Waals surface area contributed by atoms with E-state index in [2.05, 4.69) is 14.7 Å². The number of hydrogen-bond acceptors (Lipinski definition) is 8. The molecular formula is C21H18ClN4O6P. The number of nitrogens with zero attached hydrogens (tertiary/aromatic N) is 3. The van der Waals surface area contributed by atoms with E-state index < -0.39 is 14.6 Å². The van der Waals surface area contributed by atoms with Crippen LogP contribution in [0.1, 0.15) is 11.3 Å². The molecule has 0 aliphatic rings. The molecule has 170 valence electrons. The molecule has 0 fully saturated rings. The smallest absolute Gasteiger partial charge is 0.285 e. The third-order valence-corrected chi connectivity index (χ3v) is 5.18. The average Bonchev–Trinajstić information content (AvgIpc) is 3.22. The first kappa shape index (κ1) is 22.9. The fourth-order valence-corrected chi connectivity index (χ4v) is 3.43. The lowest BCUT2D eigenvalue weighted by Crippen LogP contribution is -2.38.